The minimum Gasteiger partial charge on any atom is -0.389 e. The fraction of sp³-hybridized carbons (Fsp3) is 0.500. The maximum absolute atomic E-state index is 10.2. The number of aliphatic hydroxyl groups is 1. The lowest BCUT2D eigenvalue weighted by Gasteiger charge is -2.36. The second-order valence-corrected chi connectivity index (χ2v) is 4.56. The Morgan fingerprint density at radius 3 is 3.00 bits per heavy atom. The van der Waals surface area contributed by atoms with Gasteiger partial charge in [0.25, 0.3) is 0 Å². The van der Waals surface area contributed by atoms with Gasteiger partial charge in [0, 0.05) is 7.11 Å². The molecule has 1 N–H and O–H groups in total. The molecule has 1 aromatic rings. The Morgan fingerprint density at radius 2 is 2.29 bits per heavy atom. The quantitative estimate of drug-likeness (QED) is 0.863. The number of ether oxygens (including phenoxy) is 1. The summed E-state index contributed by atoms with van der Waals surface area (Å²) in [4.78, 5) is 0. The molecule has 1 aliphatic carbocycles. The Hall–Kier alpha value is -1.37. The molecule has 0 saturated heterocycles. The molecule has 0 radical (unpaired) electrons. The molecule has 0 fully saturated rings. The van der Waals surface area contributed by atoms with Crippen molar-refractivity contribution in [3.8, 4) is 6.07 Å². The van der Waals surface area contributed by atoms with Gasteiger partial charge in [0.05, 0.1) is 12.7 Å². The molecule has 0 saturated carbocycles. The van der Waals surface area contributed by atoms with Gasteiger partial charge in [-0.3, -0.25) is 0 Å². The molecule has 3 heteroatoms. The Labute approximate surface area is 102 Å². The average Bonchev–Trinajstić information content (AvgIpc) is 2.38. The summed E-state index contributed by atoms with van der Waals surface area (Å²) >= 11 is 0. The third kappa shape index (κ3) is 1.95. The van der Waals surface area contributed by atoms with Crippen LogP contribution >= 0.6 is 0 Å². The van der Waals surface area contributed by atoms with Gasteiger partial charge in [-0.05, 0) is 30.4 Å². The third-order valence-corrected chi connectivity index (χ3v) is 3.61. The van der Waals surface area contributed by atoms with Crippen molar-refractivity contribution in [1.82, 2.24) is 0 Å². The SMILES string of the molecule is COCC(O)C1(C#N)CCCc2ccccc21. The van der Waals surface area contributed by atoms with Gasteiger partial charge in [-0.25, -0.2) is 0 Å². The number of nitrogens with zero attached hydrogens (tertiary/aromatic N) is 1. The van der Waals surface area contributed by atoms with Crippen LogP contribution in [-0.2, 0) is 16.6 Å². The van der Waals surface area contributed by atoms with Crippen molar-refractivity contribution < 1.29 is 9.84 Å². The first kappa shape index (κ1) is 12.1. The Kier molecular flexibility index (Phi) is 3.46. The van der Waals surface area contributed by atoms with Gasteiger partial charge in [-0.1, -0.05) is 24.3 Å². The van der Waals surface area contributed by atoms with Crippen molar-refractivity contribution in [2.24, 2.45) is 0 Å². The number of aryl methyl sites for hydroxylation is 1. The van der Waals surface area contributed by atoms with E-state index in [0.29, 0.717) is 6.42 Å². The molecular weight excluding hydrogens is 214 g/mol. The number of nitriles is 1. The molecule has 2 atom stereocenters. The van der Waals surface area contributed by atoms with Crippen molar-refractivity contribution in [3.05, 3.63) is 35.4 Å². The highest BCUT2D eigenvalue weighted by Gasteiger charge is 2.43. The van der Waals surface area contributed by atoms with Crippen LogP contribution in [0.4, 0.5) is 0 Å². The van der Waals surface area contributed by atoms with Crippen molar-refractivity contribution in [1.29, 1.82) is 5.26 Å². The minimum atomic E-state index is -0.801. The van der Waals surface area contributed by atoms with Crippen LogP contribution in [0.1, 0.15) is 24.0 Å². The Bertz CT molecular complexity index is 438. The Morgan fingerprint density at radius 1 is 1.53 bits per heavy atom. The number of methoxy groups -OCH3 is 1. The lowest BCUT2D eigenvalue weighted by molar-refractivity contribution is 0.0210. The highest BCUT2D eigenvalue weighted by Crippen LogP contribution is 2.39. The zero-order valence-electron chi connectivity index (χ0n) is 10.0. The maximum atomic E-state index is 10.2. The van der Waals surface area contributed by atoms with E-state index in [0.717, 1.165) is 18.4 Å². The number of fused-ring (bicyclic) bond motifs is 1. The van der Waals surface area contributed by atoms with E-state index in [-0.39, 0.29) is 6.61 Å². The van der Waals surface area contributed by atoms with Gasteiger partial charge in [0.2, 0.25) is 0 Å². The highest BCUT2D eigenvalue weighted by molar-refractivity contribution is 5.42. The summed E-state index contributed by atoms with van der Waals surface area (Å²) in [5, 5.41) is 19.7. The lowest BCUT2D eigenvalue weighted by atomic mass is 9.67. The van der Waals surface area contributed by atoms with Gasteiger partial charge in [0.15, 0.2) is 0 Å². The van der Waals surface area contributed by atoms with Crippen molar-refractivity contribution in [3.63, 3.8) is 0 Å². The largest absolute Gasteiger partial charge is 0.389 e. The molecule has 0 heterocycles. The van der Waals surface area contributed by atoms with Crippen LogP contribution in [0.25, 0.3) is 0 Å². The van der Waals surface area contributed by atoms with Gasteiger partial charge in [-0.2, -0.15) is 5.26 Å². The van der Waals surface area contributed by atoms with Crippen molar-refractivity contribution in [2.75, 3.05) is 13.7 Å². The molecule has 0 bridgehead atoms. The summed E-state index contributed by atoms with van der Waals surface area (Å²) in [5.41, 5.74) is 1.35. The summed E-state index contributed by atoms with van der Waals surface area (Å²) in [6.45, 7) is 0.196. The first-order valence-electron chi connectivity index (χ1n) is 5.91. The third-order valence-electron chi connectivity index (χ3n) is 3.61. The molecular formula is C14H17NO2. The first-order valence-corrected chi connectivity index (χ1v) is 5.91. The van der Waals surface area contributed by atoms with Crippen LogP contribution in [0, 0.1) is 11.3 Å². The highest BCUT2D eigenvalue weighted by atomic mass is 16.5. The zero-order chi connectivity index (χ0) is 12.3. The molecule has 0 spiro atoms. The van der Waals surface area contributed by atoms with E-state index in [1.807, 2.05) is 24.3 Å². The van der Waals surface area contributed by atoms with Crippen molar-refractivity contribution in [2.45, 2.75) is 30.8 Å². The molecule has 0 aromatic heterocycles. The van der Waals surface area contributed by atoms with Crippen LogP contribution in [0.3, 0.4) is 0 Å². The standard InChI is InChI=1S/C14H17NO2/c1-17-9-13(16)14(10-15)8-4-6-11-5-2-3-7-12(11)14/h2-3,5,7,13,16H,4,6,8-9H2,1H3. The van der Waals surface area contributed by atoms with E-state index in [1.165, 1.54) is 5.56 Å². The fourth-order valence-electron chi connectivity index (χ4n) is 2.70. The van der Waals surface area contributed by atoms with Gasteiger partial charge >= 0.3 is 0 Å². The summed E-state index contributed by atoms with van der Waals surface area (Å²) in [5.74, 6) is 0. The van der Waals surface area contributed by atoms with Crippen LogP contribution < -0.4 is 0 Å². The number of hydrogen-bond donors (Lipinski definition) is 1. The smallest absolute Gasteiger partial charge is 0.111 e. The van der Waals surface area contributed by atoms with E-state index in [2.05, 4.69) is 6.07 Å². The molecule has 0 amide bonds. The summed E-state index contributed by atoms with van der Waals surface area (Å²) in [6.07, 6.45) is 1.86. The summed E-state index contributed by atoms with van der Waals surface area (Å²) in [6, 6.07) is 10.2. The first-order chi connectivity index (χ1) is 8.24. The van der Waals surface area contributed by atoms with Gasteiger partial charge in [0.1, 0.15) is 11.5 Å². The van der Waals surface area contributed by atoms with E-state index in [1.54, 1.807) is 7.11 Å². The van der Waals surface area contributed by atoms with E-state index >= 15 is 0 Å². The van der Waals surface area contributed by atoms with Crippen LogP contribution in [-0.4, -0.2) is 24.9 Å². The maximum Gasteiger partial charge on any atom is 0.111 e. The number of rotatable bonds is 3. The van der Waals surface area contributed by atoms with Gasteiger partial charge in [-0.15, -0.1) is 0 Å². The molecule has 3 nitrogen and oxygen atoms in total. The monoisotopic (exact) mass is 231 g/mol. The second kappa shape index (κ2) is 4.87. The minimum absolute atomic E-state index is 0.196. The van der Waals surface area contributed by atoms with Gasteiger partial charge < -0.3 is 9.84 Å². The molecule has 1 aliphatic rings. The molecule has 1 aromatic carbocycles. The van der Waals surface area contributed by atoms with Crippen LogP contribution in [0.15, 0.2) is 24.3 Å². The Balaban J connectivity index is 2.46. The molecule has 2 unspecified atom stereocenters. The van der Waals surface area contributed by atoms with E-state index in [9.17, 15) is 10.4 Å². The zero-order valence-corrected chi connectivity index (χ0v) is 10.0. The van der Waals surface area contributed by atoms with Crippen LogP contribution in [0.5, 0.6) is 0 Å². The van der Waals surface area contributed by atoms with E-state index < -0.39 is 11.5 Å². The van der Waals surface area contributed by atoms with Crippen molar-refractivity contribution >= 4 is 0 Å². The summed E-state index contributed by atoms with van der Waals surface area (Å²) in [7, 11) is 1.54. The molecule has 17 heavy (non-hydrogen) atoms. The number of aliphatic hydroxyl groups excluding tert-OH is 1. The molecule has 0 aliphatic heterocycles. The number of hydrogen-bond acceptors (Lipinski definition) is 3. The average molecular weight is 231 g/mol. The van der Waals surface area contributed by atoms with Crippen LogP contribution in [0.2, 0.25) is 0 Å². The van der Waals surface area contributed by atoms with E-state index in [4.69, 9.17) is 4.74 Å². The second-order valence-electron chi connectivity index (χ2n) is 4.56. The number of benzene rings is 1. The predicted octanol–water partition coefficient (Wildman–Crippen LogP) is 1.79. The lowest BCUT2D eigenvalue weighted by Crippen LogP contribution is -2.43. The normalized spacial score (nSPS) is 24.8. The predicted molar refractivity (Wildman–Crippen MR) is 64.6 cm³/mol. The summed E-state index contributed by atoms with van der Waals surface area (Å²) < 4.78 is 5.00. The molecule has 2 rings (SSSR count). The topological polar surface area (TPSA) is 53.2 Å². The fourth-order valence-corrected chi connectivity index (χ4v) is 2.70. The molecule has 90 valence electrons.